The quantitative estimate of drug-likeness (QED) is 0.827. The number of benzene rings is 1. The first-order valence-corrected chi connectivity index (χ1v) is 7.37. The Morgan fingerprint density at radius 2 is 2.21 bits per heavy atom. The van der Waals surface area contributed by atoms with Crippen molar-refractivity contribution in [1.82, 2.24) is 5.32 Å². The molecule has 1 N–H and O–H groups in total. The van der Waals surface area contributed by atoms with Gasteiger partial charge in [-0.1, -0.05) is 31.0 Å². The molecule has 0 saturated carbocycles. The average Bonchev–Trinajstić information content (AvgIpc) is 2.60. The SMILES string of the molecule is CCCCNC(=O)N1CCCCc2cc(C)ccc21. The van der Waals surface area contributed by atoms with Gasteiger partial charge in [-0.3, -0.25) is 4.90 Å². The maximum absolute atomic E-state index is 12.3. The number of anilines is 1. The Kier molecular flexibility index (Phi) is 4.83. The molecule has 0 saturated heterocycles. The van der Waals surface area contributed by atoms with Gasteiger partial charge in [-0.25, -0.2) is 4.79 Å². The van der Waals surface area contributed by atoms with Crippen LogP contribution >= 0.6 is 0 Å². The molecule has 0 fully saturated rings. The third-order valence-electron chi connectivity index (χ3n) is 3.66. The summed E-state index contributed by atoms with van der Waals surface area (Å²) in [5.41, 5.74) is 3.67. The average molecular weight is 260 g/mol. The van der Waals surface area contributed by atoms with Crippen LogP contribution < -0.4 is 10.2 Å². The summed E-state index contributed by atoms with van der Waals surface area (Å²) >= 11 is 0. The number of nitrogens with one attached hydrogen (secondary N) is 1. The molecule has 1 aliphatic rings. The number of urea groups is 1. The summed E-state index contributed by atoms with van der Waals surface area (Å²) in [6, 6.07) is 6.46. The van der Waals surface area contributed by atoms with Crippen LogP contribution in [0.3, 0.4) is 0 Å². The third kappa shape index (κ3) is 3.49. The van der Waals surface area contributed by atoms with Crippen molar-refractivity contribution in [3.05, 3.63) is 29.3 Å². The lowest BCUT2D eigenvalue weighted by Gasteiger charge is -2.23. The van der Waals surface area contributed by atoms with Crippen molar-refractivity contribution in [2.24, 2.45) is 0 Å². The molecule has 104 valence electrons. The Labute approximate surface area is 116 Å². The molecule has 1 aromatic carbocycles. The molecule has 3 heteroatoms. The fraction of sp³-hybridized carbons (Fsp3) is 0.562. The molecule has 1 aliphatic heterocycles. The van der Waals surface area contributed by atoms with Crippen LogP contribution in [-0.4, -0.2) is 19.1 Å². The van der Waals surface area contributed by atoms with E-state index in [4.69, 9.17) is 0 Å². The van der Waals surface area contributed by atoms with Crippen LogP contribution in [0.1, 0.15) is 43.7 Å². The van der Waals surface area contributed by atoms with Gasteiger partial charge in [-0.2, -0.15) is 0 Å². The third-order valence-corrected chi connectivity index (χ3v) is 3.66. The lowest BCUT2D eigenvalue weighted by molar-refractivity contribution is 0.246. The van der Waals surface area contributed by atoms with E-state index in [0.29, 0.717) is 0 Å². The van der Waals surface area contributed by atoms with E-state index in [1.54, 1.807) is 0 Å². The van der Waals surface area contributed by atoms with E-state index in [9.17, 15) is 4.79 Å². The molecule has 1 aromatic rings. The first kappa shape index (κ1) is 13.9. The van der Waals surface area contributed by atoms with Crippen LogP contribution in [0.25, 0.3) is 0 Å². The maximum atomic E-state index is 12.3. The molecule has 0 aromatic heterocycles. The molecule has 0 spiro atoms. The summed E-state index contributed by atoms with van der Waals surface area (Å²) < 4.78 is 0. The van der Waals surface area contributed by atoms with E-state index in [-0.39, 0.29) is 6.03 Å². The zero-order valence-electron chi connectivity index (χ0n) is 12.0. The number of unbranched alkanes of at least 4 members (excludes halogenated alkanes) is 1. The van der Waals surface area contributed by atoms with Gasteiger partial charge in [0.15, 0.2) is 0 Å². The zero-order valence-corrected chi connectivity index (χ0v) is 12.0. The van der Waals surface area contributed by atoms with Crippen molar-refractivity contribution >= 4 is 11.7 Å². The molecule has 0 radical (unpaired) electrons. The van der Waals surface area contributed by atoms with Crippen LogP contribution in [0.5, 0.6) is 0 Å². The van der Waals surface area contributed by atoms with Crippen molar-refractivity contribution in [2.75, 3.05) is 18.0 Å². The lowest BCUT2D eigenvalue weighted by atomic mass is 10.1. The number of nitrogens with zero attached hydrogens (tertiary/aromatic N) is 1. The molecular formula is C16H24N2O. The topological polar surface area (TPSA) is 32.3 Å². The molecular weight excluding hydrogens is 236 g/mol. The predicted molar refractivity (Wildman–Crippen MR) is 79.8 cm³/mol. The summed E-state index contributed by atoms with van der Waals surface area (Å²) in [6.07, 6.45) is 5.47. The van der Waals surface area contributed by atoms with Gasteiger partial charge in [-0.05, 0) is 44.2 Å². The number of rotatable bonds is 3. The van der Waals surface area contributed by atoms with Crippen molar-refractivity contribution in [1.29, 1.82) is 0 Å². The van der Waals surface area contributed by atoms with Gasteiger partial charge in [0.2, 0.25) is 0 Å². The highest BCUT2D eigenvalue weighted by Gasteiger charge is 2.20. The molecule has 2 rings (SSSR count). The summed E-state index contributed by atoms with van der Waals surface area (Å²) in [6.45, 7) is 5.84. The van der Waals surface area contributed by atoms with Gasteiger partial charge in [0.1, 0.15) is 0 Å². The van der Waals surface area contributed by atoms with Gasteiger partial charge >= 0.3 is 6.03 Å². The number of aryl methyl sites for hydroxylation is 2. The van der Waals surface area contributed by atoms with Crippen LogP contribution in [-0.2, 0) is 6.42 Å². The second-order valence-corrected chi connectivity index (χ2v) is 5.33. The van der Waals surface area contributed by atoms with Crippen LogP contribution in [0, 0.1) is 6.92 Å². The predicted octanol–water partition coefficient (Wildman–Crippen LogP) is 3.65. The Morgan fingerprint density at radius 1 is 1.37 bits per heavy atom. The van der Waals surface area contributed by atoms with Gasteiger partial charge in [0.05, 0.1) is 0 Å². The molecule has 1 heterocycles. The van der Waals surface area contributed by atoms with Gasteiger partial charge in [-0.15, -0.1) is 0 Å². The largest absolute Gasteiger partial charge is 0.338 e. The minimum atomic E-state index is 0.0560. The van der Waals surface area contributed by atoms with Gasteiger partial charge < -0.3 is 5.32 Å². The lowest BCUT2D eigenvalue weighted by Crippen LogP contribution is -2.41. The van der Waals surface area contributed by atoms with E-state index in [0.717, 1.165) is 50.9 Å². The standard InChI is InChI=1S/C16H24N2O/c1-3-4-10-17-16(19)18-11-6-5-7-14-12-13(2)8-9-15(14)18/h8-9,12H,3-7,10-11H2,1-2H3,(H,17,19). The van der Waals surface area contributed by atoms with E-state index < -0.39 is 0 Å². The van der Waals surface area contributed by atoms with Crippen molar-refractivity contribution in [3.8, 4) is 0 Å². The Bertz CT molecular complexity index is 442. The molecule has 0 atom stereocenters. The molecule has 2 amide bonds. The molecule has 3 nitrogen and oxygen atoms in total. The minimum Gasteiger partial charge on any atom is -0.338 e. The number of fused-ring (bicyclic) bond motifs is 1. The number of hydrogen-bond acceptors (Lipinski definition) is 1. The fourth-order valence-corrected chi connectivity index (χ4v) is 2.56. The van der Waals surface area contributed by atoms with Crippen molar-refractivity contribution in [2.45, 2.75) is 46.0 Å². The van der Waals surface area contributed by atoms with Crippen molar-refractivity contribution in [3.63, 3.8) is 0 Å². The van der Waals surface area contributed by atoms with Crippen LogP contribution in [0.15, 0.2) is 18.2 Å². The van der Waals surface area contributed by atoms with E-state index >= 15 is 0 Å². The van der Waals surface area contributed by atoms with Gasteiger partial charge in [0, 0.05) is 18.8 Å². The zero-order chi connectivity index (χ0) is 13.7. The Balaban J connectivity index is 2.15. The summed E-state index contributed by atoms with van der Waals surface area (Å²) in [4.78, 5) is 14.2. The first-order chi connectivity index (χ1) is 9.22. The highest BCUT2D eigenvalue weighted by Crippen LogP contribution is 2.27. The Hall–Kier alpha value is -1.51. The minimum absolute atomic E-state index is 0.0560. The highest BCUT2D eigenvalue weighted by atomic mass is 16.2. The van der Waals surface area contributed by atoms with Crippen LogP contribution in [0.2, 0.25) is 0 Å². The maximum Gasteiger partial charge on any atom is 0.321 e. The first-order valence-electron chi connectivity index (χ1n) is 7.37. The summed E-state index contributed by atoms with van der Waals surface area (Å²) in [7, 11) is 0. The van der Waals surface area contributed by atoms with E-state index in [1.807, 2.05) is 4.90 Å². The molecule has 0 unspecified atom stereocenters. The monoisotopic (exact) mass is 260 g/mol. The molecule has 0 bridgehead atoms. The number of carbonyl (C=O) groups is 1. The summed E-state index contributed by atoms with van der Waals surface area (Å²) in [5.74, 6) is 0. The second kappa shape index (κ2) is 6.60. The summed E-state index contributed by atoms with van der Waals surface area (Å²) in [5, 5.41) is 3.02. The van der Waals surface area contributed by atoms with Crippen molar-refractivity contribution < 1.29 is 4.79 Å². The van der Waals surface area contributed by atoms with E-state index in [2.05, 4.69) is 37.4 Å². The van der Waals surface area contributed by atoms with Crippen LogP contribution in [0.4, 0.5) is 10.5 Å². The Morgan fingerprint density at radius 3 is 3.00 bits per heavy atom. The number of amides is 2. The number of hydrogen-bond donors (Lipinski definition) is 1. The van der Waals surface area contributed by atoms with E-state index in [1.165, 1.54) is 11.1 Å². The fourth-order valence-electron chi connectivity index (χ4n) is 2.56. The van der Waals surface area contributed by atoms with Gasteiger partial charge in [0.25, 0.3) is 0 Å². The molecule has 0 aliphatic carbocycles. The smallest absolute Gasteiger partial charge is 0.321 e. The second-order valence-electron chi connectivity index (χ2n) is 5.33. The highest BCUT2D eigenvalue weighted by molar-refractivity contribution is 5.93. The normalized spacial score (nSPS) is 14.7. The molecule has 19 heavy (non-hydrogen) atoms. The number of carbonyl (C=O) groups excluding carboxylic acids is 1.